The van der Waals surface area contributed by atoms with Crippen LogP contribution in [-0.4, -0.2) is 35.2 Å². The molecule has 2 N–H and O–H groups in total. The van der Waals surface area contributed by atoms with Crippen LogP contribution < -0.4 is 10.2 Å². The van der Waals surface area contributed by atoms with Crippen molar-refractivity contribution in [2.45, 2.75) is 43.1 Å². The van der Waals surface area contributed by atoms with Gasteiger partial charge in [-0.25, -0.2) is 4.98 Å². The monoisotopic (exact) mass is 423 g/mol. The van der Waals surface area contributed by atoms with Gasteiger partial charge in [-0.05, 0) is 19.1 Å². The predicted molar refractivity (Wildman–Crippen MR) is 116 cm³/mol. The average molecular weight is 424 g/mol. The summed E-state index contributed by atoms with van der Waals surface area (Å²) in [6.45, 7) is 5.06. The number of rotatable bonds is 7. The van der Waals surface area contributed by atoms with Gasteiger partial charge in [-0.3, -0.25) is 4.79 Å². The van der Waals surface area contributed by atoms with Crippen LogP contribution in [0.4, 0.5) is 0 Å². The summed E-state index contributed by atoms with van der Waals surface area (Å²) in [5.41, 5.74) is 2.85. The van der Waals surface area contributed by atoms with Gasteiger partial charge in [0, 0.05) is 42.5 Å². The first kappa shape index (κ1) is 20.6. The first-order valence-corrected chi connectivity index (χ1v) is 11.3. The van der Waals surface area contributed by atoms with Crippen LogP contribution in [0, 0.1) is 6.92 Å². The van der Waals surface area contributed by atoms with E-state index in [2.05, 4.69) is 45.8 Å². The van der Waals surface area contributed by atoms with Gasteiger partial charge in [-0.1, -0.05) is 47.3 Å². The molecule has 6 nitrogen and oxygen atoms in total. The van der Waals surface area contributed by atoms with Crippen LogP contribution in [0.2, 0.25) is 0 Å². The lowest BCUT2D eigenvalue weighted by Gasteiger charge is -2.30. The molecule has 0 atom stereocenters. The minimum absolute atomic E-state index is 0.0431. The Morgan fingerprint density at radius 1 is 1.20 bits per heavy atom. The van der Waals surface area contributed by atoms with Crippen molar-refractivity contribution in [1.29, 1.82) is 0 Å². The topological polar surface area (TPSA) is 72.5 Å². The van der Waals surface area contributed by atoms with E-state index >= 15 is 0 Å². The molecule has 1 fully saturated rings. The minimum Gasteiger partial charge on any atom is -0.361 e. The van der Waals surface area contributed by atoms with Crippen molar-refractivity contribution in [3.63, 3.8) is 0 Å². The standard InChI is InChI=1S/C23H26N4O2S/c1-17-14-20(26-29-17)16-30-23-21(8-5-11-24-23)22(28)25-19-9-12-27(13-10-19)15-18-6-3-2-4-7-18/h2-8,11,14,19H,9-10,12-13,15-16H2,1H3,(H,25,28)/p+1. The Morgan fingerprint density at radius 2 is 2.00 bits per heavy atom. The third-order valence-corrected chi connectivity index (χ3v) is 6.41. The molecule has 1 saturated heterocycles. The molecule has 1 aliphatic rings. The zero-order chi connectivity index (χ0) is 20.8. The van der Waals surface area contributed by atoms with E-state index < -0.39 is 0 Å². The molecule has 0 saturated carbocycles. The van der Waals surface area contributed by atoms with E-state index in [1.165, 1.54) is 17.3 Å². The van der Waals surface area contributed by atoms with Crippen molar-refractivity contribution in [1.82, 2.24) is 15.5 Å². The fraction of sp³-hybridized carbons (Fsp3) is 0.348. The second kappa shape index (κ2) is 9.91. The normalized spacial score (nSPS) is 18.8. The van der Waals surface area contributed by atoms with Gasteiger partial charge in [0.25, 0.3) is 5.91 Å². The number of nitrogens with zero attached hydrogens (tertiary/aromatic N) is 2. The second-order valence-corrected chi connectivity index (χ2v) is 8.70. The van der Waals surface area contributed by atoms with Gasteiger partial charge in [0.05, 0.1) is 24.3 Å². The molecule has 0 unspecified atom stereocenters. The lowest BCUT2D eigenvalue weighted by Crippen LogP contribution is -3.12. The largest absolute Gasteiger partial charge is 0.361 e. The number of likely N-dealkylation sites (tertiary alicyclic amines) is 1. The summed E-state index contributed by atoms with van der Waals surface area (Å²) in [6, 6.07) is 16.4. The molecule has 30 heavy (non-hydrogen) atoms. The van der Waals surface area contributed by atoms with Gasteiger partial charge in [0.2, 0.25) is 0 Å². The zero-order valence-electron chi connectivity index (χ0n) is 17.1. The third-order valence-electron chi connectivity index (χ3n) is 5.37. The van der Waals surface area contributed by atoms with Crippen LogP contribution in [0.1, 0.15) is 40.2 Å². The molecule has 3 aromatic rings. The average Bonchev–Trinajstić information content (AvgIpc) is 3.20. The van der Waals surface area contributed by atoms with Crippen molar-refractivity contribution in [2.24, 2.45) is 0 Å². The van der Waals surface area contributed by atoms with E-state index in [-0.39, 0.29) is 11.9 Å². The number of pyridine rings is 1. The van der Waals surface area contributed by atoms with Crippen LogP contribution >= 0.6 is 11.8 Å². The van der Waals surface area contributed by atoms with Gasteiger partial charge in [-0.15, -0.1) is 0 Å². The summed E-state index contributed by atoms with van der Waals surface area (Å²) in [6.07, 6.45) is 3.71. The quantitative estimate of drug-likeness (QED) is 0.572. The van der Waals surface area contributed by atoms with Crippen LogP contribution in [0.3, 0.4) is 0 Å². The summed E-state index contributed by atoms with van der Waals surface area (Å²) in [5, 5.41) is 7.96. The van der Waals surface area contributed by atoms with Gasteiger partial charge in [0.15, 0.2) is 0 Å². The molecule has 156 valence electrons. The number of carbonyl (C=O) groups is 1. The number of hydrogen-bond donors (Lipinski definition) is 2. The molecule has 4 rings (SSSR count). The fourth-order valence-corrected chi connectivity index (χ4v) is 4.67. The maximum Gasteiger partial charge on any atom is 0.254 e. The SMILES string of the molecule is Cc1cc(CSc2ncccc2C(=O)NC2CC[NH+](Cc3ccccc3)CC2)no1. The van der Waals surface area contributed by atoms with Crippen molar-refractivity contribution >= 4 is 17.7 Å². The van der Waals surface area contributed by atoms with Crippen molar-refractivity contribution in [3.8, 4) is 0 Å². The maximum absolute atomic E-state index is 12.9. The summed E-state index contributed by atoms with van der Waals surface area (Å²) >= 11 is 1.51. The molecule has 7 heteroatoms. The van der Waals surface area contributed by atoms with E-state index in [0.717, 1.165) is 49.0 Å². The molecule has 3 heterocycles. The number of piperidine rings is 1. The van der Waals surface area contributed by atoms with E-state index in [4.69, 9.17) is 4.52 Å². The Hall–Kier alpha value is -2.64. The van der Waals surface area contributed by atoms with E-state index in [9.17, 15) is 4.79 Å². The molecule has 0 spiro atoms. The Morgan fingerprint density at radius 3 is 2.73 bits per heavy atom. The van der Waals surface area contributed by atoms with Gasteiger partial charge < -0.3 is 14.7 Å². The molecule has 0 aliphatic carbocycles. The van der Waals surface area contributed by atoms with Crippen LogP contribution in [0.15, 0.2) is 64.3 Å². The number of nitrogens with one attached hydrogen (secondary N) is 2. The van der Waals surface area contributed by atoms with Gasteiger partial charge in [0.1, 0.15) is 17.3 Å². The molecule has 0 bridgehead atoms. The number of carbonyl (C=O) groups excluding carboxylic acids is 1. The van der Waals surface area contributed by atoms with Crippen molar-refractivity contribution in [2.75, 3.05) is 13.1 Å². The number of quaternary nitrogens is 1. The number of aromatic nitrogens is 2. The number of thioether (sulfide) groups is 1. The Bertz CT molecular complexity index is 968. The van der Waals surface area contributed by atoms with Gasteiger partial charge in [-0.2, -0.15) is 0 Å². The highest BCUT2D eigenvalue weighted by Gasteiger charge is 2.25. The van der Waals surface area contributed by atoms with E-state index in [1.54, 1.807) is 11.1 Å². The fourth-order valence-electron chi connectivity index (χ4n) is 3.80. The molecule has 0 radical (unpaired) electrons. The highest BCUT2D eigenvalue weighted by Crippen LogP contribution is 2.24. The summed E-state index contributed by atoms with van der Waals surface area (Å²) in [5.74, 6) is 1.36. The zero-order valence-corrected chi connectivity index (χ0v) is 18.0. The molecular formula is C23H27N4O2S+. The molecule has 1 aromatic carbocycles. The number of benzene rings is 1. The van der Waals surface area contributed by atoms with Gasteiger partial charge >= 0.3 is 0 Å². The molecule has 1 aliphatic heterocycles. The van der Waals surface area contributed by atoms with E-state index in [0.29, 0.717) is 11.3 Å². The Balaban J connectivity index is 1.30. The number of aryl methyl sites for hydroxylation is 1. The maximum atomic E-state index is 12.9. The lowest BCUT2D eigenvalue weighted by atomic mass is 10.0. The minimum atomic E-state index is -0.0431. The van der Waals surface area contributed by atoms with Crippen molar-refractivity contribution in [3.05, 3.63) is 77.3 Å². The molecule has 1 amide bonds. The molecule has 2 aromatic heterocycles. The summed E-state index contributed by atoms with van der Waals surface area (Å²) in [4.78, 5) is 18.9. The Labute approximate surface area is 181 Å². The smallest absolute Gasteiger partial charge is 0.254 e. The number of hydrogen-bond acceptors (Lipinski definition) is 5. The Kier molecular flexibility index (Phi) is 6.81. The highest BCUT2D eigenvalue weighted by atomic mass is 32.2. The first-order chi connectivity index (χ1) is 14.7. The highest BCUT2D eigenvalue weighted by molar-refractivity contribution is 7.98. The van der Waals surface area contributed by atoms with E-state index in [1.807, 2.05) is 25.1 Å². The van der Waals surface area contributed by atoms with Crippen LogP contribution in [0.25, 0.3) is 0 Å². The lowest BCUT2D eigenvalue weighted by molar-refractivity contribution is -0.918. The molecular weight excluding hydrogens is 396 g/mol. The second-order valence-electron chi connectivity index (χ2n) is 7.73. The van der Waals surface area contributed by atoms with Crippen molar-refractivity contribution < 1.29 is 14.2 Å². The van der Waals surface area contributed by atoms with Crippen LogP contribution in [-0.2, 0) is 12.3 Å². The van der Waals surface area contributed by atoms with Crippen LogP contribution in [0.5, 0.6) is 0 Å². The summed E-state index contributed by atoms with van der Waals surface area (Å²) in [7, 11) is 0. The third kappa shape index (κ3) is 5.49. The first-order valence-electron chi connectivity index (χ1n) is 10.4. The summed E-state index contributed by atoms with van der Waals surface area (Å²) < 4.78 is 5.11. The predicted octanol–water partition coefficient (Wildman–Crippen LogP) is 2.65. The number of amides is 1.